The van der Waals surface area contributed by atoms with Crippen LogP contribution in [0.1, 0.15) is 23.0 Å². The molecule has 1 aromatic heterocycles. The standard InChI is InChI=1S/C26H26F2N6O.ClH/c1-35-22-12-6-19(7-13-22)18-34-26(29-30-31-34)25(20-8-10-21(27)11-9-20)33-16-14-32(15-17-33)24-5-3-2-4-23(24)28;/h2-13,25H,14-18H2,1H3;1H. The lowest BCUT2D eigenvalue weighted by atomic mass is 10.0. The van der Waals surface area contributed by atoms with Gasteiger partial charge in [-0.15, -0.1) is 17.5 Å². The number of para-hydroxylation sites is 1. The third-order valence-electron chi connectivity index (χ3n) is 6.35. The number of halogens is 3. The number of piperazine rings is 1. The van der Waals surface area contributed by atoms with Gasteiger partial charge in [-0.3, -0.25) is 4.90 Å². The van der Waals surface area contributed by atoms with Crippen LogP contribution in [0.4, 0.5) is 14.5 Å². The Morgan fingerprint density at radius 2 is 1.58 bits per heavy atom. The van der Waals surface area contributed by atoms with Crippen molar-refractivity contribution in [3.63, 3.8) is 0 Å². The molecule has 5 rings (SSSR count). The predicted molar refractivity (Wildman–Crippen MR) is 136 cm³/mol. The third-order valence-corrected chi connectivity index (χ3v) is 6.35. The summed E-state index contributed by atoms with van der Waals surface area (Å²) in [4.78, 5) is 4.31. The summed E-state index contributed by atoms with van der Waals surface area (Å²) in [7, 11) is 1.63. The maximum Gasteiger partial charge on any atom is 0.173 e. The molecule has 0 saturated carbocycles. The predicted octanol–water partition coefficient (Wildman–Crippen LogP) is 4.34. The van der Waals surface area contributed by atoms with Crippen molar-refractivity contribution in [2.75, 3.05) is 38.2 Å². The normalized spacial score (nSPS) is 14.8. The van der Waals surface area contributed by atoms with E-state index in [0.29, 0.717) is 44.2 Å². The largest absolute Gasteiger partial charge is 0.497 e. The van der Waals surface area contributed by atoms with E-state index in [9.17, 15) is 8.78 Å². The number of methoxy groups -OCH3 is 1. The van der Waals surface area contributed by atoms with Crippen molar-refractivity contribution in [2.24, 2.45) is 0 Å². The van der Waals surface area contributed by atoms with Crippen LogP contribution in [0.2, 0.25) is 0 Å². The van der Waals surface area contributed by atoms with E-state index >= 15 is 0 Å². The fraction of sp³-hybridized carbons (Fsp3) is 0.269. The zero-order valence-electron chi connectivity index (χ0n) is 19.8. The fourth-order valence-electron chi connectivity index (χ4n) is 4.52. The Kier molecular flexibility index (Phi) is 8.12. The van der Waals surface area contributed by atoms with Gasteiger partial charge >= 0.3 is 0 Å². The van der Waals surface area contributed by atoms with Crippen LogP contribution in [-0.2, 0) is 6.54 Å². The van der Waals surface area contributed by atoms with Crippen LogP contribution in [0.15, 0.2) is 72.8 Å². The average molecular weight is 513 g/mol. The molecule has 36 heavy (non-hydrogen) atoms. The molecule has 1 aliphatic heterocycles. The summed E-state index contributed by atoms with van der Waals surface area (Å²) in [6, 6.07) is 20.8. The van der Waals surface area contributed by atoms with Crippen molar-refractivity contribution < 1.29 is 13.5 Å². The van der Waals surface area contributed by atoms with Gasteiger partial charge in [0.2, 0.25) is 0 Å². The molecule has 0 N–H and O–H groups in total. The molecule has 1 aliphatic rings. The van der Waals surface area contributed by atoms with E-state index in [1.54, 1.807) is 36.1 Å². The molecule has 1 saturated heterocycles. The maximum atomic E-state index is 14.3. The summed E-state index contributed by atoms with van der Waals surface area (Å²) in [5.74, 6) is 0.934. The Morgan fingerprint density at radius 3 is 2.25 bits per heavy atom. The van der Waals surface area contributed by atoms with Crippen LogP contribution in [-0.4, -0.2) is 58.4 Å². The first-order valence-electron chi connectivity index (χ1n) is 11.5. The van der Waals surface area contributed by atoms with Gasteiger partial charge in [0, 0.05) is 26.2 Å². The molecule has 0 bridgehead atoms. The number of tetrazole rings is 1. The van der Waals surface area contributed by atoms with Crippen molar-refractivity contribution in [2.45, 2.75) is 12.6 Å². The molecular weight excluding hydrogens is 486 g/mol. The lowest BCUT2D eigenvalue weighted by Gasteiger charge is -2.40. The summed E-state index contributed by atoms with van der Waals surface area (Å²) in [5.41, 5.74) is 2.54. The van der Waals surface area contributed by atoms with E-state index in [1.807, 2.05) is 35.2 Å². The minimum absolute atomic E-state index is 0. The number of hydrogen-bond donors (Lipinski definition) is 0. The lowest BCUT2D eigenvalue weighted by molar-refractivity contribution is 0.201. The van der Waals surface area contributed by atoms with Gasteiger partial charge in [0.1, 0.15) is 17.4 Å². The molecule has 2 heterocycles. The summed E-state index contributed by atoms with van der Waals surface area (Å²) < 4.78 is 35.1. The number of aromatic nitrogens is 4. The highest BCUT2D eigenvalue weighted by molar-refractivity contribution is 5.85. The lowest BCUT2D eigenvalue weighted by Crippen LogP contribution is -2.48. The van der Waals surface area contributed by atoms with Gasteiger partial charge in [-0.2, -0.15) is 0 Å². The first kappa shape index (κ1) is 25.5. The monoisotopic (exact) mass is 512 g/mol. The molecule has 0 aliphatic carbocycles. The van der Waals surface area contributed by atoms with E-state index in [-0.39, 0.29) is 30.1 Å². The Morgan fingerprint density at radius 1 is 0.889 bits per heavy atom. The molecule has 1 unspecified atom stereocenters. The molecule has 0 radical (unpaired) electrons. The summed E-state index contributed by atoms with van der Waals surface area (Å²) in [6.07, 6.45) is 0. The van der Waals surface area contributed by atoms with Crippen molar-refractivity contribution in [1.82, 2.24) is 25.1 Å². The molecule has 0 amide bonds. The third kappa shape index (κ3) is 5.47. The van der Waals surface area contributed by atoms with Crippen LogP contribution in [0.25, 0.3) is 0 Å². The number of benzene rings is 3. The van der Waals surface area contributed by atoms with E-state index in [1.165, 1.54) is 18.2 Å². The Labute approximate surface area is 214 Å². The van der Waals surface area contributed by atoms with Gasteiger partial charge in [-0.1, -0.05) is 36.4 Å². The number of ether oxygens (including phenoxy) is 1. The molecule has 4 aromatic rings. The van der Waals surface area contributed by atoms with Crippen molar-refractivity contribution in [3.05, 3.63) is 101 Å². The maximum absolute atomic E-state index is 14.3. The quantitative estimate of drug-likeness (QED) is 0.367. The second kappa shape index (κ2) is 11.5. The van der Waals surface area contributed by atoms with Gasteiger partial charge < -0.3 is 9.64 Å². The van der Waals surface area contributed by atoms with Gasteiger partial charge in [0.15, 0.2) is 5.82 Å². The van der Waals surface area contributed by atoms with E-state index in [0.717, 1.165) is 16.9 Å². The van der Waals surface area contributed by atoms with Crippen molar-refractivity contribution in [3.8, 4) is 5.75 Å². The van der Waals surface area contributed by atoms with E-state index < -0.39 is 0 Å². The van der Waals surface area contributed by atoms with Crippen molar-refractivity contribution in [1.29, 1.82) is 0 Å². The SMILES string of the molecule is COc1ccc(Cn2nnnc2C(c2ccc(F)cc2)N2CCN(c3ccccc3F)CC2)cc1.Cl. The number of anilines is 1. The van der Waals surface area contributed by atoms with E-state index in [2.05, 4.69) is 20.4 Å². The zero-order chi connectivity index (χ0) is 24.2. The highest BCUT2D eigenvalue weighted by Crippen LogP contribution is 2.30. The summed E-state index contributed by atoms with van der Waals surface area (Å²) in [6.45, 7) is 3.13. The van der Waals surface area contributed by atoms with Crippen LogP contribution in [0.5, 0.6) is 5.75 Å². The minimum atomic E-state index is -0.297. The van der Waals surface area contributed by atoms with Gasteiger partial charge in [0.25, 0.3) is 0 Å². The van der Waals surface area contributed by atoms with Gasteiger partial charge in [0.05, 0.1) is 25.4 Å². The zero-order valence-corrected chi connectivity index (χ0v) is 20.6. The van der Waals surface area contributed by atoms with Gasteiger partial charge in [-0.25, -0.2) is 13.5 Å². The second-order valence-corrected chi connectivity index (χ2v) is 8.47. The van der Waals surface area contributed by atoms with Gasteiger partial charge in [-0.05, 0) is 58.0 Å². The van der Waals surface area contributed by atoms with Crippen LogP contribution >= 0.6 is 12.4 Å². The first-order chi connectivity index (χ1) is 17.1. The number of rotatable bonds is 7. The first-order valence-corrected chi connectivity index (χ1v) is 11.5. The number of nitrogens with zero attached hydrogens (tertiary/aromatic N) is 6. The molecular formula is C26H27ClF2N6O. The number of hydrogen-bond acceptors (Lipinski definition) is 6. The molecule has 188 valence electrons. The van der Waals surface area contributed by atoms with Crippen LogP contribution < -0.4 is 9.64 Å². The van der Waals surface area contributed by atoms with Crippen LogP contribution in [0, 0.1) is 11.6 Å². The smallest absolute Gasteiger partial charge is 0.173 e. The summed E-state index contributed by atoms with van der Waals surface area (Å²) in [5, 5.41) is 12.6. The molecule has 1 fully saturated rings. The average Bonchev–Trinajstić information content (AvgIpc) is 3.34. The second-order valence-electron chi connectivity index (χ2n) is 8.47. The Hall–Kier alpha value is -3.56. The fourth-order valence-corrected chi connectivity index (χ4v) is 4.52. The topological polar surface area (TPSA) is 59.3 Å². The molecule has 0 spiro atoms. The van der Waals surface area contributed by atoms with E-state index in [4.69, 9.17) is 4.74 Å². The molecule has 10 heteroatoms. The molecule has 3 aromatic carbocycles. The van der Waals surface area contributed by atoms with Crippen molar-refractivity contribution >= 4 is 18.1 Å². The Bertz CT molecular complexity index is 1260. The Balaban J connectivity index is 0.00000304. The molecule has 7 nitrogen and oxygen atoms in total. The molecule has 1 atom stereocenters. The minimum Gasteiger partial charge on any atom is -0.497 e. The summed E-state index contributed by atoms with van der Waals surface area (Å²) >= 11 is 0. The highest BCUT2D eigenvalue weighted by atomic mass is 35.5. The van der Waals surface area contributed by atoms with Crippen LogP contribution in [0.3, 0.4) is 0 Å². The highest BCUT2D eigenvalue weighted by Gasteiger charge is 2.31.